The highest BCUT2D eigenvalue weighted by Gasteiger charge is 2.49. The summed E-state index contributed by atoms with van der Waals surface area (Å²) >= 11 is 1.80. The fraction of sp³-hybridized carbons (Fsp3) is 0.552. The number of aliphatic imine (C=N–C) groups is 1. The van der Waals surface area contributed by atoms with Gasteiger partial charge in [0.1, 0.15) is 5.84 Å². The molecule has 0 amide bonds. The van der Waals surface area contributed by atoms with Crippen LogP contribution >= 0.6 is 11.8 Å². The van der Waals surface area contributed by atoms with Crippen LogP contribution in [0.2, 0.25) is 0 Å². The van der Waals surface area contributed by atoms with Crippen molar-refractivity contribution in [3.8, 4) is 0 Å². The quantitative estimate of drug-likeness (QED) is 0.554. The van der Waals surface area contributed by atoms with Crippen LogP contribution in [-0.4, -0.2) is 69.3 Å². The number of aliphatic hydroxyl groups is 1. The topological polar surface area (TPSA) is 48.3 Å². The lowest BCUT2D eigenvalue weighted by Gasteiger charge is -2.55. The van der Waals surface area contributed by atoms with Crippen molar-refractivity contribution >= 4 is 23.3 Å². The van der Waals surface area contributed by atoms with Crippen LogP contribution in [0.25, 0.3) is 0 Å². The van der Waals surface area contributed by atoms with Crippen LogP contribution in [0.1, 0.15) is 61.0 Å². The second-order valence-corrected chi connectivity index (χ2v) is 12.8. The molecule has 6 heteroatoms. The van der Waals surface area contributed by atoms with E-state index in [1.807, 2.05) is 27.7 Å². The molecule has 2 aromatic carbocycles. The number of rotatable bonds is 5. The van der Waals surface area contributed by atoms with Gasteiger partial charge in [0, 0.05) is 47.1 Å². The van der Waals surface area contributed by atoms with Crippen LogP contribution in [-0.2, 0) is 4.74 Å². The third-order valence-corrected chi connectivity index (χ3v) is 9.41. The highest BCUT2D eigenvalue weighted by Crippen LogP contribution is 2.42. The van der Waals surface area contributed by atoms with Crippen LogP contribution in [0.3, 0.4) is 0 Å². The highest BCUT2D eigenvalue weighted by molar-refractivity contribution is 7.99. The SMILES string of the molecule is CC(C)(O)C(C)(C)OC(C)(C)C(C)(C)N1CCN(C2=Nc3ccccc3Sc3ccccc32)CC1. The Kier molecular flexibility index (Phi) is 6.90. The molecule has 0 aromatic heterocycles. The van der Waals surface area contributed by atoms with Gasteiger partial charge >= 0.3 is 0 Å². The van der Waals surface area contributed by atoms with E-state index in [9.17, 15) is 5.11 Å². The van der Waals surface area contributed by atoms with Gasteiger partial charge in [-0.05, 0) is 73.6 Å². The summed E-state index contributed by atoms with van der Waals surface area (Å²) in [6.07, 6.45) is 0. The second-order valence-electron chi connectivity index (χ2n) is 11.7. The van der Waals surface area contributed by atoms with E-state index in [2.05, 4.69) is 86.0 Å². The van der Waals surface area contributed by atoms with E-state index in [1.165, 1.54) is 15.4 Å². The summed E-state index contributed by atoms with van der Waals surface area (Å²) in [5, 5.41) is 10.7. The lowest BCUT2D eigenvalue weighted by atomic mass is 9.81. The molecule has 35 heavy (non-hydrogen) atoms. The fourth-order valence-electron chi connectivity index (χ4n) is 4.66. The number of amidine groups is 1. The van der Waals surface area contributed by atoms with Crippen LogP contribution in [0.15, 0.2) is 63.3 Å². The van der Waals surface area contributed by atoms with Crippen LogP contribution in [0.4, 0.5) is 5.69 Å². The predicted octanol–water partition coefficient (Wildman–Crippen LogP) is 5.97. The molecule has 5 nitrogen and oxygen atoms in total. The predicted molar refractivity (Wildman–Crippen MR) is 146 cm³/mol. The molecule has 0 saturated carbocycles. The number of benzene rings is 2. The van der Waals surface area contributed by atoms with Gasteiger partial charge in [0.05, 0.1) is 22.5 Å². The summed E-state index contributed by atoms with van der Waals surface area (Å²) in [5.41, 5.74) is -0.0852. The van der Waals surface area contributed by atoms with E-state index in [0.717, 1.165) is 37.7 Å². The average Bonchev–Trinajstić information content (AvgIpc) is 2.94. The molecule has 0 bridgehead atoms. The smallest absolute Gasteiger partial charge is 0.137 e. The Morgan fingerprint density at radius 3 is 1.97 bits per heavy atom. The first-order valence-corrected chi connectivity index (χ1v) is 13.4. The van der Waals surface area contributed by atoms with Crippen molar-refractivity contribution in [1.29, 1.82) is 0 Å². The van der Waals surface area contributed by atoms with Crippen molar-refractivity contribution in [2.24, 2.45) is 4.99 Å². The molecule has 0 atom stereocenters. The van der Waals surface area contributed by atoms with E-state index in [0.29, 0.717) is 0 Å². The number of piperazine rings is 1. The first-order chi connectivity index (χ1) is 16.2. The lowest BCUT2D eigenvalue weighted by Crippen LogP contribution is -2.66. The molecule has 1 saturated heterocycles. The fourth-order valence-corrected chi connectivity index (χ4v) is 5.67. The van der Waals surface area contributed by atoms with E-state index in [4.69, 9.17) is 9.73 Å². The largest absolute Gasteiger partial charge is 0.387 e. The molecule has 1 fully saturated rings. The highest BCUT2D eigenvalue weighted by atomic mass is 32.2. The zero-order valence-electron chi connectivity index (χ0n) is 22.6. The zero-order valence-corrected chi connectivity index (χ0v) is 23.4. The Hall–Kier alpha value is -1.86. The van der Waals surface area contributed by atoms with Crippen molar-refractivity contribution in [2.75, 3.05) is 26.2 Å². The molecule has 4 rings (SSSR count). The van der Waals surface area contributed by atoms with Gasteiger partial charge in [-0.3, -0.25) is 4.90 Å². The van der Waals surface area contributed by atoms with Gasteiger partial charge in [-0.1, -0.05) is 42.1 Å². The first kappa shape index (κ1) is 26.2. The summed E-state index contributed by atoms with van der Waals surface area (Å²) in [7, 11) is 0. The maximum Gasteiger partial charge on any atom is 0.137 e. The minimum atomic E-state index is -0.946. The third kappa shape index (κ3) is 5.04. The number of hydrogen-bond donors (Lipinski definition) is 1. The number of fused-ring (bicyclic) bond motifs is 2. The number of hydrogen-bond acceptors (Lipinski definition) is 6. The summed E-state index contributed by atoms with van der Waals surface area (Å²) < 4.78 is 6.62. The summed E-state index contributed by atoms with van der Waals surface area (Å²) in [6, 6.07) is 17.0. The van der Waals surface area contributed by atoms with Crippen LogP contribution in [0.5, 0.6) is 0 Å². The van der Waals surface area contributed by atoms with E-state index in [-0.39, 0.29) is 5.54 Å². The van der Waals surface area contributed by atoms with Gasteiger partial charge in [0.2, 0.25) is 0 Å². The van der Waals surface area contributed by atoms with E-state index in [1.54, 1.807) is 11.8 Å². The molecule has 0 aliphatic carbocycles. The van der Waals surface area contributed by atoms with Gasteiger partial charge < -0.3 is 14.7 Å². The number of nitrogens with zero attached hydrogens (tertiary/aromatic N) is 3. The molecule has 2 heterocycles. The number of para-hydroxylation sites is 1. The van der Waals surface area contributed by atoms with Gasteiger partial charge in [-0.15, -0.1) is 0 Å². The monoisotopic (exact) mass is 495 g/mol. The minimum absolute atomic E-state index is 0.229. The van der Waals surface area contributed by atoms with Crippen molar-refractivity contribution in [2.45, 2.75) is 87.5 Å². The Labute approximate surface area is 215 Å². The van der Waals surface area contributed by atoms with Gasteiger partial charge in [0.15, 0.2) is 0 Å². The Bertz CT molecular complexity index is 1090. The number of ether oxygens (including phenoxy) is 1. The van der Waals surface area contributed by atoms with Gasteiger partial charge in [-0.25, -0.2) is 4.99 Å². The first-order valence-electron chi connectivity index (χ1n) is 12.6. The molecular formula is C29H41N3O2S. The summed E-state index contributed by atoms with van der Waals surface area (Å²) in [6.45, 7) is 20.0. The van der Waals surface area contributed by atoms with Gasteiger partial charge in [-0.2, -0.15) is 0 Å². The minimum Gasteiger partial charge on any atom is -0.387 e. The molecule has 0 unspecified atom stereocenters. The molecule has 2 aliphatic rings. The average molecular weight is 496 g/mol. The Morgan fingerprint density at radius 2 is 1.34 bits per heavy atom. The molecule has 0 radical (unpaired) electrons. The normalized spacial score (nSPS) is 18.0. The van der Waals surface area contributed by atoms with Gasteiger partial charge in [0.25, 0.3) is 0 Å². The molecule has 1 N–H and O–H groups in total. The Morgan fingerprint density at radius 1 is 0.771 bits per heavy atom. The maximum atomic E-state index is 10.7. The molecular weight excluding hydrogens is 454 g/mol. The maximum absolute atomic E-state index is 10.7. The summed E-state index contributed by atoms with van der Waals surface area (Å²) in [5.74, 6) is 1.06. The standard InChI is InChI=1S/C29H41N3O2S/c1-26(2,28(5,6)34-29(7,8)27(3,4)33)32-19-17-31(18-20-32)25-21-13-9-11-15-23(21)35-24-16-12-10-14-22(24)30-25/h9-16,33H,17-20H2,1-8H3. The second kappa shape index (κ2) is 9.22. The van der Waals surface area contributed by atoms with Crippen molar-refractivity contribution < 1.29 is 9.84 Å². The van der Waals surface area contributed by atoms with Crippen molar-refractivity contribution in [3.63, 3.8) is 0 Å². The lowest BCUT2D eigenvalue weighted by molar-refractivity contribution is -0.238. The van der Waals surface area contributed by atoms with Crippen molar-refractivity contribution in [3.05, 3.63) is 54.1 Å². The Balaban J connectivity index is 1.55. The molecule has 2 aliphatic heterocycles. The molecule has 2 aromatic rings. The van der Waals surface area contributed by atoms with Crippen LogP contribution in [0, 0.1) is 0 Å². The van der Waals surface area contributed by atoms with E-state index >= 15 is 0 Å². The molecule has 190 valence electrons. The van der Waals surface area contributed by atoms with Crippen LogP contribution < -0.4 is 0 Å². The summed E-state index contributed by atoms with van der Waals surface area (Å²) in [4.78, 5) is 12.6. The molecule has 0 spiro atoms. The zero-order chi connectivity index (χ0) is 25.6. The van der Waals surface area contributed by atoms with E-state index < -0.39 is 16.8 Å². The van der Waals surface area contributed by atoms with Crippen molar-refractivity contribution in [1.82, 2.24) is 9.80 Å². The third-order valence-electron chi connectivity index (χ3n) is 8.27.